The van der Waals surface area contributed by atoms with Crippen LogP contribution in [0.4, 0.5) is 21.6 Å². The summed E-state index contributed by atoms with van der Waals surface area (Å²) < 4.78 is 13.1. The number of halogens is 1. The summed E-state index contributed by atoms with van der Waals surface area (Å²) in [5.74, 6) is -0.269. The highest BCUT2D eigenvalue weighted by Gasteiger charge is 2.08. The zero-order chi connectivity index (χ0) is 16.1. The van der Waals surface area contributed by atoms with Crippen LogP contribution < -0.4 is 10.6 Å². The molecule has 6 heteroatoms. The van der Waals surface area contributed by atoms with Gasteiger partial charge in [-0.3, -0.25) is 4.79 Å². The zero-order valence-corrected chi connectivity index (χ0v) is 12.0. The fourth-order valence-corrected chi connectivity index (χ4v) is 1.95. The lowest BCUT2D eigenvalue weighted by Gasteiger charge is -2.06. The predicted octanol–water partition coefficient (Wildman–Crippen LogP) is 3.61. The molecule has 114 valence electrons. The Hall–Kier alpha value is -3.28. The largest absolute Gasteiger partial charge is 0.339 e. The van der Waals surface area contributed by atoms with Crippen LogP contribution in [0.25, 0.3) is 0 Å². The topological polar surface area (TPSA) is 66.9 Å². The summed E-state index contributed by atoms with van der Waals surface area (Å²) >= 11 is 0. The first kappa shape index (κ1) is 14.6. The molecule has 3 rings (SSSR count). The lowest BCUT2D eigenvalue weighted by molar-refractivity contribution is 0.102. The van der Waals surface area contributed by atoms with E-state index in [1.54, 1.807) is 36.4 Å². The molecule has 0 bridgehead atoms. The monoisotopic (exact) mass is 308 g/mol. The number of carbonyl (C=O) groups is 1. The van der Waals surface area contributed by atoms with Gasteiger partial charge in [0.25, 0.3) is 5.91 Å². The minimum atomic E-state index is -0.346. The molecule has 0 unspecified atom stereocenters. The van der Waals surface area contributed by atoms with Gasteiger partial charge in [-0.05, 0) is 42.5 Å². The van der Waals surface area contributed by atoms with Crippen LogP contribution in [0.15, 0.2) is 66.7 Å². The maximum absolute atomic E-state index is 13.1. The Kier molecular flexibility index (Phi) is 4.24. The van der Waals surface area contributed by atoms with Crippen molar-refractivity contribution in [2.45, 2.75) is 0 Å². The molecule has 0 aliphatic carbocycles. The van der Waals surface area contributed by atoms with Crippen LogP contribution in [-0.2, 0) is 0 Å². The van der Waals surface area contributed by atoms with E-state index in [0.29, 0.717) is 17.2 Å². The Balaban J connectivity index is 1.68. The number of nitrogens with one attached hydrogen (secondary N) is 2. The second kappa shape index (κ2) is 6.65. The van der Waals surface area contributed by atoms with Crippen LogP contribution in [-0.4, -0.2) is 16.1 Å². The van der Waals surface area contributed by atoms with Gasteiger partial charge in [0.2, 0.25) is 0 Å². The molecule has 1 aromatic heterocycles. The lowest BCUT2D eigenvalue weighted by Crippen LogP contribution is -2.14. The zero-order valence-electron chi connectivity index (χ0n) is 12.0. The summed E-state index contributed by atoms with van der Waals surface area (Å²) in [6.07, 6.45) is 0. The molecule has 2 aromatic carbocycles. The van der Waals surface area contributed by atoms with Gasteiger partial charge in [0.05, 0.1) is 0 Å². The van der Waals surface area contributed by atoms with E-state index in [1.807, 2.05) is 18.2 Å². The van der Waals surface area contributed by atoms with E-state index in [-0.39, 0.29) is 17.4 Å². The molecule has 1 heterocycles. The second-order valence-electron chi connectivity index (χ2n) is 4.76. The summed E-state index contributed by atoms with van der Waals surface area (Å²) in [7, 11) is 0. The van der Waals surface area contributed by atoms with Crippen molar-refractivity contribution < 1.29 is 9.18 Å². The molecule has 0 saturated carbocycles. The van der Waals surface area contributed by atoms with Crippen molar-refractivity contribution in [1.82, 2.24) is 10.2 Å². The number of nitrogens with zero attached hydrogens (tertiary/aromatic N) is 2. The Morgan fingerprint density at radius 2 is 1.65 bits per heavy atom. The SMILES string of the molecule is O=C(Nc1ccccc1)c1ccc(Nc2cccc(F)c2)nn1. The highest BCUT2D eigenvalue weighted by molar-refractivity contribution is 6.02. The summed E-state index contributed by atoms with van der Waals surface area (Å²) in [5, 5.41) is 13.4. The number of hydrogen-bond donors (Lipinski definition) is 2. The highest BCUT2D eigenvalue weighted by Crippen LogP contribution is 2.15. The van der Waals surface area contributed by atoms with Crippen LogP contribution in [0.3, 0.4) is 0 Å². The number of carbonyl (C=O) groups excluding carboxylic acids is 1. The average Bonchev–Trinajstić information content (AvgIpc) is 2.56. The van der Waals surface area contributed by atoms with E-state index in [0.717, 1.165) is 0 Å². The molecule has 0 radical (unpaired) electrons. The van der Waals surface area contributed by atoms with Crippen LogP contribution in [0.2, 0.25) is 0 Å². The number of hydrogen-bond acceptors (Lipinski definition) is 4. The van der Waals surface area contributed by atoms with Gasteiger partial charge < -0.3 is 10.6 Å². The van der Waals surface area contributed by atoms with Gasteiger partial charge in [0.15, 0.2) is 11.5 Å². The van der Waals surface area contributed by atoms with E-state index < -0.39 is 0 Å². The van der Waals surface area contributed by atoms with Gasteiger partial charge in [-0.15, -0.1) is 10.2 Å². The summed E-state index contributed by atoms with van der Waals surface area (Å²) in [6.45, 7) is 0. The quantitative estimate of drug-likeness (QED) is 0.772. The van der Waals surface area contributed by atoms with Gasteiger partial charge in [-0.2, -0.15) is 0 Å². The Bertz CT molecular complexity index is 806. The van der Waals surface area contributed by atoms with Crippen LogP contribution in [0, 0.1) is 5.82 Å². The minimum absolute atomic E-state index is 0.193. The number of para-hydroxylation sites is 1. The molecule has 0 spiro atoms. The summed E-state index contributed by atoms with van der Waals surface area (Å²) in [6, 6.07) is 18.2. The molecule has 23 heavy (non-hydrogen) atoms. The van der Waals surface area contributed by atoms with E-state index >= 15 is 0 Å². The van der Waals surface area contributed by atoms with Crippen molar-refractivity contribution in [1.29, 1.82) is 0 Å². The number of amides is 1. The first-order valence-electron chi connectivity index (χ1n) is 6.93. The molecule has 1 amide bonds. The predicted molar refractivity (Wildman–Crippen MR) is 86.1 cm³/mol. The fourth-order valence-electron chi connectivity index (χ4n) is 1.95. The standard InChI is InChI=1S/C17H13FN4O/c18-12-5-4-8-14(11-12)19-16-10-9-15(21-22-16)17(23)20-13-6-2-1-3-7-13/h1-11H,(H,19,22)(H,20,23). The number of anilines is 3. The maximum Gasteiger partial charge on any atom is 0.276 e. The molecule has 0 aliphatic rings. The number of rotatable bonds is 4. The molecule has 5 nitrogen and oxygen atoms in total. The molecule has 0 atom stereocenters. The van der Waals surface area contributed by atoms with Crippen LogP contribution >= 0.6 is 0 Å². The van der Waals surface area contributed by atoms with Crippen molar-refractivity contribution in [3.8, 4) is 0 Å². The Labute approximate surface area is 132 Å². The third-order valence-corrected chi connectivity index (χ3v) is 3.03. The Morgan fingerprint density at radius 3 is 2.35 bits per heavy atom. The normalized spacial score (nSPS) is 10.1. The van der Waals surface area contributed by atoms with Gasteiger partial charge in [0, 0.05) is 11.4 Å². The minimum Gasteiger partial charge on any atom is -0.339 e. The first-order chi connectivity index (χ1) is 11.2. The van der Waals surface area contributed by atoms with E-state index in [4.69, 9.17) is 0 Å². The van der Waals surface area contributed by atoms with E-state index in [1.165, 1.54) is 12.1 Å². The van der Waals surface area contributed by atoms with E-state index in [2.05, 4.69) is 20.8 Å². The maximum atomic E-state index is 13.1. The highest BCUT2D eigenvalue weighted by atomic mass is 19.1. The van der Waals surface area contributed by atoms with E-state index in [9.17, 15) is 9.18 Å². The Morgan fingerprint density at radius 1 is 0.870 bits per heavy atom. The van der Waals surface area contributed by atoms with Crippen LogP contribution in [0.1, 0.15) is 10.5 Å². The van der Waals surface area contributed by atoms with Crippen molar-refractivity contribution in [2.24, 2.45) is 0 Å². The smallest absolute Gasteiger partial charge is 0.276 e. The molecular formula is C17H13FN4O. The molecule has 2 N–H and O–H groups in total. The summed E-state index contributed by atoms with van der Waals surface area (Å²) in [4.78, 5) is 12.0. The van der Waals surface area contributed by atoms with Gasteiger partial charge in [0.1, 0.15) is 5.82 Å². The third-order valence-electron chi connectivity index (χ3n) is 3.03. The molecule has 0 aliphatic heterocycles. The van der Waals surface area contributed by atoms with Crippen molar-refractivity contribution in [3.05, 3.63) is 78.2 Å². The fraction of sp³-hybridized carbons (Fsp3) is 0. The second-order valence-corrected chi connectivity index (χ2v) is 4.76. The molecular weight excluding hydrogens is 295 g/mol. The molecule has 0 fully saturated rings. The lowest BCUT2D eigenvalue weighted by atomic mass is 10.3. The molecule has 0 saturated heterocycles. The van der Waals surface area contributed by atoms with Crippen LogP contribution in [0.5, 0.6) is 0 Å². The van der Waals surface area contributed by atoms with Crippen molar-refractivity contribution >= 4 is 23.1 Å². The van der Waals surface area contributed by atoms with Crippen molar-refractivity contribution in [3.63, 3.8) is 0 Å². The number of benzene rings is 2. The summed E-state index contributed by atoms with van der Waals surface area (Å²) in [5.41, 5.74) is 1.43. The average molecular weight is 308 g/mol. The number of aromatic nitrogens is 2. The first-order valence-corrected chi connectivity index (χ1v) is 6.93. The van der Waals surface area contributed by atoms with Gasteiger partial charge in [-0.1, -0.05) is 24.3 Å². The van der Waals surface area contributed by atoms with Gasteiger partial charge >= 0.3 is 0 Å². The third kappa shape index (κ3) is 3.88. The van der Waals surface area contributed by atoms with Crippen molar-refractivity contribution in [2.75, 3.05) is 10.6 Å². The molecule has 3 aromatic rings. The van der Waals surface area contributed by atoms with Gasteiger partial charge in [-0.25, -0.2) is 4.39 Å².